The van der Waals surface area contributed by atoms with Gasteiger partial charge in [-0.25, -0.2) is 4.39 Å². The van der Waals surface area contributed by atoms with Gasteiger partial charge in [-0.15, -0.1) is 0 Å². The molecule has 0 aromatic rings. The Morgan fingerprint density at radius 2 is 2.05 bits per heavy atom. The molecule has 0 spiro atoms. The van der Waals surface area contributed by atoms with E-state index in [2.05, 4.69) is 12.6 Å². The van der Waals surface area contributed by atoms with Crippen LogP contribution < -0.4 is 5.73 Å². The Kier molecular flexibility index (Phi) is 4.38. The molecule has 4 atom stereocenters. The molecular formula is C16H24FN3O. The smallest absolute Gasteiger partial charge is 0.241 e. The molecular weight excluding hydrogens is 269 g/mol. The topological polar surface area (TPSA) is 70.1 Å². The summed E-state index contributed by atoms with van der Waals surface area (Å²) in [5.74, 6) is -0.549. The summed E-state index contributed by atoms with van der Waals surface area (Å²) in [7, 11) is 0. The monoisotopic (exact) mass is 293 g/mol. The highest BCUT2D eigenvalue weighted by Gasteiger charge is 2.50. The molecule has 1 aliphatic carbocycles. The lowest BCUT2D eigenvalue weighted by molar-refractivity contribution is -0.137. The average Bonchev–Trinajstić information content (AvgIpc) is 3.04. The largest absolute Gasteiger partial charge is 0.322 e. The molecule has 1 saturated heterocycles. The van der Waals surface area contributed by atoms with Crippen LogP contribution in [-0.2, 0) is 4.79 Å². The summed E-state index contributed by atoms with van der Waals surface area (Å²) in [5.41, 5.74) is 5.22. The second-order valence-electron chi connectivity index (χ2n) is 6.59. The van der Waals surface area contributed by atoms with Crippen LogP contribution in [0.1, 0.15) is 46.0 Å². The molecule has 2 rings (SSSR count). The zero-order chi connectivity index (χ0) is 15.8. The fraction of sp³-hybridized carbons (Fsp3) is 0.750. The van der Waals surface area contributed by atoms with E-state index in [1.54, 1.807) is 4.90 Å². The van der Waals surface area contributed by atoms with E-state index in [9.17, 15) is 14.4 Å². The molecule has 116 valence electrons. The molecule has 1 heterocycles. The van der Waals surface area contributed by atoms with Crippen LogP contribution >= 0.6 is 0 Å². The standard InChI is InChI=1S/C16H24FN3O/c1-10-8-13(9-18)20(11(10)2)15(21)14(19)16(12(3)17)6-4-5-7-16/h10-11,13-14H,3-8,19H2,1-2H3/t10?,11-,13?,14?/m0/s1. The predicted octanol–water partition coefficient (Wildman–Crippen LogP) is 2.51. The van der Waals surface area contributed by atoms with Gasteiger partial charge in [0.15, 0.2) is 0 Å². The Morgan fingerprint density at radius 3 is 2.52 bits per heavy atom. The van der Waals surface area contributed by atoms with Crippen LogP contribution in [0.4, 0.5) is 4.39 Å². The van der Waals surface area contributed by atoms with Crippen LogP contribution in [0.3, 0.4) is 0 Å². The van der Waals surface area contributed by atoms with Gasteiger partial charge in [-0.2, -0.15) is 5.26 Å². The minimum absolute atomic E-state index is 0.0421. The summed E-state index contributed by atoms with van der Waals surface area (Å²) >= 11 is 0. The third-order valence-electron chi connectivity index (χ3n) is 5.49. The number of amides is 1. The van der Waals surface area contributed by atoms with Crippen molar-refractivity contribution in [3.05, 3.63) is 12.4 Å². The van der Waals surface area contributed by atoms with E-state index in [-0.39, 0.29) is 17.9 Å². The molecule has 1 aliphatic heterocycles. The van der Waals surface area contributed by atoms with Gasteiger partial charge >= 0.3 is 0 Å². The van der Waals surface area contributed by atoms with Crippen molar-refractivity contribution in [3.63, 3.8) is 0 Å². The molecule has 1 amide bonds. The van der Waals surface area contributed by atoms with Crippen LogP contribution in [-0.4, -0.2) is 28.9 Å². The van der Waals surface area contributed by atoms with Crippen molar-refractivity contribution in [3.8, 4) is 6.07 Å². The normalized spacial score (nSPS) is 32.7. The Hall–Kier alpha value is -1.41. The highest BCUT2D eigenvalue weighted by molar-refractivity contribution is 5.84. The van der Waals surface area contributed by atoms with Crippen LogP contribution in [0.15, 0.2) is 12.4 Å². The Bertz CT molecular complexity index is 478. The van der Waals surface area contributed by atoms with Gasteiger partial charge < -0.3 is 10.6 Å². The van der Waals surface area contributed by atoms with E-state index in [4.69, 9.17) is 5.73 Å². The van der Waals surface area contributed by atoms with Crippen molar-refractivity contribution in [2.24, 2.45) is 17.1 Å². The fourth-order valence-electron chi connectivity index (χ4n) is 3.84. The molecule has 4 nitrogen and oxygen atoms in total. The molecule has 2 fully saturated rings. The van der Waals surface area contributed by atoms with E-state index >= 15 is 0 Å². The number of nitrogens with two attached hydrogens (primary N) is 1. The van der Waals surface area contributed by atoms with Gasteiger partial charge in [-0.1, -0.05) is 26.3 Å². The quantitative estimate of drug-likeness (QED) is 0.869. The molecule has 0 aromatic heterocycles. The summed E-state index contributed by atoms with van der Waals surface area (Å²) in [6, 6.07) is 0.732. The summed E-state index contributed by atoms with van der Waals surface area (Å²) in [6.07, 6.45) is 3.49. The maximum absolute atomic E-state index is 14.0. The van der Waals surface area contributed by atoms with Crippen LogP contribution in [0, 0.1) is 22.7 Å². The molecule has 3 unspecified atom stereocenters. The van der Waals surface area contributed by atoms with Crippen molar-refractivity contribution in [1.82, 2.24) is 4.90 Å². The van der Waals surface area contributed by atoms with E-state index in [0.717, 1.165) is 12.8 Å². The lowest BCUT2D eigenvalue weighted by Crippen LogP contribution is -2.55. The molecule has 1 saturated carbocycles. The van der Waals surface area contributed by atoms with E-state index in [1.807, 2.05) is 13.8 Å². The highest BCUT2D eigenvalue weighted by atomic mass is 19.1. The van der Waals surface area contributed by atoms with Gasteiger partial charge in [0.05, 0.1) is 12.1 Å². The second kappa shape index (κ2) is 5.76. The van der Waals surface area contributed by atoms with E-state index in [0.29, 0.717) is 19.3 Å². The van der Waals surface area contributed by atoms with Crippen LogP contribution in [0.25, 0.3) is 0 Å². The number of rotatable bonds is 3. The van der Waals surface area contributed by atoms with E-state index < -0.39 is 23.3 Å². The van der Waals surface area contributed by atoms with Crippen molar-refractivity contribution in [2.45, 2.75) is 64.1 Å². The molecule has 0 radical (unpaired) electrons. The summed E-state index contributed by atoms with van der Waals surface area (Å²) < 4.78 is 14.0. The number of carbonyl (C=O) groups excluding carboxylic acids is 1. The first-order valence-electron chi connectivity index (χ1n) is 7.67. The molecule has 2 N–H and O–H groups in total. The SMILES string of the molecule is C=C(F)C1(C(N)C(=O)N2C(C#N)CC(C)[C@@H]2C)CCCC1. The number of halogens is 1. The number of likely N-dealkylation sites (tertiary alicyclic amines) is 1. The summed E-state index contributed by atoms with van der Waals surface area (Å²) in [5, 5.41) is 9.27. The third-order valence-corrected chi connectivity index (χ3v) is 5.49. The number of carbonyl (C=O) groups is 1. The molecule has 0 aromatic carbocycles. The average molecular weight is 293 g/mol. The highest BCUT2D eigenvalue weighted by Crippen LogP contribution is 2.47. The van der Waals surface area contributed by atoms with Gasteiger partial charge in [-0.3, -0.25) is 4.79 Å². The molecule has 0 bridgehead atoms. The van der Waals surface area contributed by atoms with Gasteiger partial charge in [0, 0.05) is 11.5 Å². The number of hydrogen-bond donors (Lipinski definition) is 1. The minimum Gasteiger partial charge on any atom is -0.322 e. The number of nitriles is 1. The zero-order valence-corrected chi connectivity index (χ0v) is 12.8. The lowest BCUT2D eigenvalue weighted by atomic mass is 9.77. The van der Waals surface area contributed by atoms with Crippen molar-refractivity contribution < 1.29 is 9.18 Å². The first-order valence-corrected chi connectivity index (χ1v) is 7.67. The van der Waals surface area contributed by atoms with Crippen molar-refractivity contribution in [2.75, 3.05) is 0 Å². The lowest BCUT2D eigenvalue weighted by Gasteiger charge is -2.37. The van der Waals surface area contributed by atoms with Gasteiger partial charge in [-0.05, 0) is 32.1 Å². The second-order valence-corrected chi connectivity index (χ2v) is 6.59. The Balaban J connectivity index is 2.26. The first-order chi connectivity index (χ1) is 9.85. The molecule has 2 aliphatic rings. The Morgan fingerprint density at radius 1 is 1.48 bits per heavy atom. The molecule has 5 heteroatoms. The van der Waals surface area contributed by atoms with Gasteiger partial charge in [0.1, 0.15) is 11.9 Å². The molecule has 21 heavy (non-hydrogen) atoms. The van der Waals surface area contributed by atoms with Gasteiger partial charge in [0.25, 0.3) is 0 Å². The maximum Gasteiger partial charge on any atom is 0.241 e. The first kappa shape index (κ1) is 16.0. The van der Waals surface area contributed by atoms with Gasteiger partial charge in [0.2, 0.25) is 5.91 Å². The predicted molar refractivity (Wildman–Crippen MR) is 78.6 cm³/mol. The van der Waals surface area contributed by atoms with Crippen LogP contribution in [0.5, 0.6) is 0 Å². The van der Waals surface area contributed by atoms with Crippen molar-refractivity contribution >= 4 is 5.91 Å². The van der Waals surface area contributed by atoms with E-state index in [1.165, 1.54) is 0 Å². The number of nitrogens with zero attached hydrogens (tertiary/aromatic N) is 2. The van der Waals surface area contributed by atoms with Crippen LogP contribution in [0.2, 0.25) is 0 Å². The summed E-state index contributed by atoms with van der Waals surface area (Å²) in [4.78, 5) is 14.4. The zero-order valence-electron chi connectivity index (χ0n) is 12.8. The third kappa shape index (κ3) is 2.46. The fourth-order valence-corrected chi connectivity index (χ4v) is 3.84. The minimum atomic E-state index is -0.943. The maximum atomic E-state index is 14.0. The summed E-state index contributed by atoms with van der Waals surface area (Å²) in [6.45, 7) is 7.38. The Labute approximate surface area is 125 Å². The number of hydrogen-bond acceptors (Lipinski definition) is 3. The van der Waals surface area contributed by atoms with Crippen molar-refractivity contribution in [1.29, 1.82) is 5.26 Å².